The maximum atomic E-state index is 11.9. The van der Waals surface area contributed by atoms with E-state index in [4.69, 9.17) is 4.74 Å². The minimum Gasteiger partial charge on any atom is -0.504 e. The predicted octanol–water partition coefficient (Wildman–Crippen LogP) is 3.25. The number of hydrogen-bond donors (Lipinski definition) is 2. The lowest BCUT2D eigenvalue weighted by Gasteiger charge is -2.03. The molecule has 1 amide bonds. The molecule has 0 atom stereocenters. The van der Waals surface area contributed by atoms with Crippen LogP contribution in [0.4, 0.5) is 0 Å². The first-order valence-corrected chi connectivity index (χ1v) is 9.13. The first-order chi connectivity index (χ1) is 12.2. The van der Waals surface area contributed by atoms with Gasteiger partial charge in [-0.05, 0) is 35.9 Å². The van der Waals surface area contributed by atoms with Gasteiger partial charge in [0.1, 0.15) is 0 Å². The number of ether oxygens (including phenoxy) is 1. The summed E-state index contributed by atoms with van der Waals surface area (Å²) in [5, 5.41) is 13.6. The number of aromatic hydroxyl groups is 1. The number of thioether (sulfide) groups is 1. The van der Waals surface area contributed by atoms with E-state index >= 15 is 0 Å². The van der Waals surface area contributed by atoms with Gasteiger partial charge in [0.15, 0.2) is 15.8 Å². The van der Waals surface area contributed by atoms with Gasteiger partial charge in [0.2, 0.25) is 0 Å². The van der Waals surface area contributed by atoms with Crippen molar-refractivity contribution >= 4 is 45.4 Å². The van der Waals surface area contributed by atoms with E-state index in [9.17, 15) is 9.90 Å². The number of fused-ring (bicyclic) bond motifs is 1. The van der Waals surface area contributed by atoms with E-state index in [1.807, 2.05) is 24.3 Å². The second-order valence-electron chi connectivity index (χ2n) is 4.96. The number of methoxy groups -OCH3 is 1. The molecule has 0 aliphatic rings. The molecule has 0 saturated carbocycles. The number of nitrogens with one attached hydrogen (secondary N) is 1. The smallest absolute Gasteiger partial charge is 0.250 e. The van der Waals surface area contributed by atoms with Gasteiger partial charge in [-0.2, -0.15) is 5.10 Å². The number of phenols is 1. The highest BCUT2D eigenvalue weighted by Gasteiger charge is 2.07. The fourth-order valence-electron chi connectivity index (χ4n) is 2.04. The van der Waals surface area contributed by atoms with Gasteiger partial charge in [-0.25, -0.2) is 10.4 Å². The molecule has 0 saturated heterocycles. The van der Waals surface area contributed by atoms with E-state index in [2.05, 4.69) is 15.5 Å². The van der Waals surface area contributed by atoms with Crippen molar-refractivity contribution in [2.45, 2.75) is 4.34 Å². The molecule has 0 unspecified atom stereocenters. The number of nitrogens with zero attached hydrogens (tertiary/aromatic N) is 2. The fraction of sp³-hybridized carbons (Fsp3) is 0.118. The van der Waals surface area contributed by atoms with Crippen LogP contribution >= 0.6 is 23.1 Å². The van der Waals surface area contributed by atoms with Crippen molar-refractivity contribution in [2.24, 2.45) is 5.10 Å². The van der Waals surface area contributed by atoms with Crippen molar-refractivity contribution in [1.82, 2.24) is 10.4 Å². The Hall–Kier alpha value is -2.58. The SMILES string of the molecule is COc1ccc(C=NNC(=O)CSc2nc3ccccc3s2)cc1O. The van der Waals surface area contributed by atoms with Crippen molar-refractivity contribution in [3.05, 3.63) is 48.0 Å². The van der Waals surface area contributed by atoms with Crippen LogP contribution in [0.2, 0.25) is 0 Å². The number of para-hydroxylation sites is 1. The number of benzene rings is 2. The molecule has 0 radical (unpaired) electrons. The Kier molecular flexibility index (Phi) is 5.52. The minimum absolute atomic E-state index is 0.0177. The normalized spacial score (nSPS) is 11.1. The van der Waals surface area contributed by atoms with Gasteiger partial charge in [-0.3, -0.25) is 4.79 Å². The number of carbonyl (C=O) groups excluding carboxylic acids is 1. The number of hydrazone groups is 1. The van der Waals surface area contributed by atoms with Crippen LogP contribution in [0.1, 0.15) is 5.56 Å². The molecule has 3 aromatic rings. The number of hydrogen-bond acceptors (Lipinski definition) is 7. The number of aromatic nitrogens is 1. The van der Waals surface area contributed by atoms with E-state index in [1.165, 1.54) is 31.2 Å². The summed E-state index contributed by atoms with van der Waals surface area (Å²) in [6.07, 6.45) is 1.46. The highest BCUT2D eigenvalue weighted by molar-refractivity contribution is 8.01. The maximum Gasteiger partial charge on any atom is 0.250 e. The van der Waals surface area contributed by atoms with Crippen LogP contribution in [0.25, 0.3) is 10.2 Å². The first-order valence-electron chi connectivity index (χ1n) is 7.33. The van der Waals surface area contributed by atoms with Crippen LogP contribution in [-0.2, 0) is 4.79 Å². The van der Waals surface area contributed by atoms with Crippen LogP contribution in [0.5, 0.6) is 11.5 Å². The fourth-order valence-corrected chi connectivity index (χ4v) is 3.90. The maximum absolute atomic E-state index is 11.9. The Balaban J connectivity index is 1.51. The molecular weight excluding hydrogens is 358 g/mol. The number of rotatable bonds is 6. The van der Waals surface area contributed by atoms with E-state index in [0.29, 0.717) is 11.3 Å². The van der Waals surface area contributed by atoms with Crippen molar-refractivity contribution in [3.63, 3.8) is 0 Å². The molecule has 128 valence electrons. The van der Waals surface area contributed by atoms with Gasteiger partial charge < -0.3 is 9.84 Å². The quantitative estimate of drug-likeness (QED) is 0.394. The van der Waals surface area contributed by atoms with Gasteiger partial charge in [0, 0.05) is 0 Å². The van der Waals surface area contributed by atoms with Crippen LogP contribution in [0, 0.1) is 0 Å². The molecule has 25 heavy (non-hydrogen) atoms. The molecule has 0 bridgehead atoms. The van der Waals surface area contributed by atoms with E-state index in [0.717, 1.165) is 14.6 Å². The molecule has 0 aliphatic carbocycles. The van der Waals surface area contributed by atoms with Gasteiger partial charge in [0.05, 0.1) is 29.3 Å². The second-order valence-corrected chi connectivity index (χ2v) is 7.21. The highest BCUT2D eigenvalue weighted by atomic mass is 32.2. The van der Waals surface area contributed by atoms with Crippen molar-refractivity contribution in [3.8, 4) is 11.5 Å². The summed E-state index contributed by atoms with van der Waals surface area (Å²) in [6, 6.07) is 12.7. The largest absolute Gasteiger partial charge is 0.504 e. The van der Waals surface area contributed by atoms with E-state index in [1.54, 1.807) is 23.5 Å². The lowest BCUT2D eigenvalue weighted by Crippen LogP contribution is -2.19. The molecule has 6 nitrogen and oxygen atoms in total. The third-order valence-corrected chi connectivity index (χ3v) is 5.39. The summed E-state index contributed by atoms with van der Waals surface area (Å²) in [5.74, 6) is 0.404. The molecule has 1 heterocycles. The van der Waals surface area contributed by atoms with E-state index in [-0.39, 0.29) is 17.4 Å². The van der Waals surface area contributed by atoms with E-state index < -0.39 is 0 Å². The zero-order valence-electron chi connectivity index (χ0n) is 13.3. The third-order valence-electron chi connectivity index (χ3n) is 3.21. The number of carbonyl (C=O) groups is 1. The van der Waals surface area contributed by atoms with Crippen LogP contribution in [-0.4, -0.2) is 35.1 Å². The van der Waals surface area contributed by atoms with Crippen molar-refractivity contribution in [1.29, 1.82) is 0 Å². The molecule has 2 aromatic carbocycles. The third kappa shape index (κ3) is 4.49. The highest BCUT2D eigenvalue weighted by Crippen LogP contribution is 2.29. The zero-order chi connectivity index (χ0) is 17.6. The Morgan fingerprint density at radius 1 is 1.40 bits per heavy atom. The first kappa shape index (κ1) is 17.2. The molecule has 0 spiro atoms. The topological polar surface area (TPSA) is 83.8 Å². The summed E-state index contributed by atoms with van der Waals surface area (Å²) in [5.41, 5.74) is 4.04. The zero-order valence-corrected chi connectivity index (χ0v) is 14.9. The standard InChI is InChI=1S/C17H15N3O3S2/c1-23-14-7-6-11(8-13(14)21)9-18-20-16(22)10-24-17-19-12-4-2-3-5-15(12)25-17/h2-9,21H,10H2,1H3,(H,20,22). The van der Waals surface area contributed by atoms with Crippen LogP contribution in [0.15, 0.2) is 51.9 Å². The second kappa shape index (κ2) is 8.00. The van der Waals surface area contributed by atoms with Crippen LogP contribution in [0.3, 0.4) is 0 Å². The molecule has 1 aromatic heterocycles. The lowest BCUT2D eigenvalue weighted by atomic mass is 10.2. The molecular formula is C17H15N3O3S2. The van der Waals surface area contributed by atoms with Crippen molar-refractivity contribution in [2.75, 3.05) is 12.9 Å². The Morgan fingerprint density at radius 2 is 2.24 bits per heavy atom. The van der Waals surface area contributed by atoms with Crippen molar-refractivity contribution < 1.29 is 14.6 Å². The Labute approximate surface area is 152 Å². The van der Waals surface area contributed by atoms with Gasteiger partial charge >= 0.3 is 0 Å². The Bertz CT molecular complexity index is 891. The molecule has 0 aliphatic heterocycles. The molecule has 2 N–H and O–H groups in total. The van der Waals surface area contributed by atoms with Gasteiger partial charge in [-0.1, -0.05) is 23.9 Å². The van der Waals surface area contributed by atoms with Crippen LogP contribution < -0.4 is 10.2 Å². The van der Waals surface area contributed by atoms with Gasteiger partial charge in [0.25, 0.3) is 5.91 Å². The average Bonchev–Trinajstić information content (AvgIpc) is 3.03. The summed E-state index contributed by atoms with van der Waals surface area (Å²) >= 11 is 2.93. The number of thiazole rings is 1. The number of amides is 1. The summed E-state index contributed by atoms with van der Waals surface area (Å²) in [6.45, 7) is 0. The lowest BCUT2D eigenvalue weighted by molar-refractivity contribution is -0.118. The average molecular weight is 373 g/mol. The summed E-state index contributed by atoms with van der Waals surface area (Å²) < 4.78 is 6.91. The summed E-state index contributed by atoms with van der Waals surface area (Å²) in [4.78, 5) is 16.3. The Morgan fingerprint density at radius 3 is 3.00 bits per heavy atom. The minimum atomic E-state index is -0.224. The molecule has 0 fully saturated rings. The van der Waals surface area contributed by atoms with Gasteiger partial charge in [-0.15, -0.1) is 11.3 Å². The predicted molar refractivity (Wildman–Crippen MR) is 101 cm³/mol. The molecule has 3 rings (SSSR count). The molecule has 8 heteroatoms. The number of phenolic OH excluding ortho intramolecular Hbond substituents is 1. The monoisotopic (exact) mass is 373 g/mol. The summed E-state index contributed by atoms with van der Waals surface area (Å²) in [7, 11) is 1.48.